The number of nitrogens with one attached hydrogen (secondary N) is 1. The number of nitrogens with zero attached hydrogens (tertiary/aromatic N) is 1. The van der Waals surface area contributed by atoms with E-state index in [0.29, 0.717) is 23.7 Å². The molecule has 1 aromatic heterocycles. The predicted octanol–water partition coefficient (Wildman–Crippen LogP) is 2.67. The molecule has 0 aliphatic heterocycles. The van der Waals surface area contributed by atoms with Crippen LogP contribution in [0, 0.1) is 0 Å². The first-order chi connectivity index (χ1) is 12.1. The van der Waals surface area contributed by atoms with Gasteiger partial charge in [0.05, 0.1) is 18.8 Å². The molecule has 2 aromatic rings. The zero-order chi connectivity index (χ0) is 18.1. The number of hydrogen-bond acceptors (Lipinski definition) is 6. The number of aromatic nitrogens is 1. The Morgan fingerprint density at radius 1 is 1.04 bits per heavy atom. The lowest BCUT2D eigenvalue weighted by molar-refractivity contribution is -0.118. The molecule has 0 saturated carbocycles. The van der Waals surface area contributed by atoms with Crippen molar-refractivity contribution in [3.8, 4) is 11.5 Å². The van der Waals surface area contributed by atoms with Gasteiger partial charge in [0.1, 0.15) is 5.82 Å². The third-order valence-electron chi connectivity index (χ3n) is 3.05. The summed E-state index contributed by atoms with van der Waals surface area (Å²) >= 11 is 0. The van der Waals surface area contributed by atoms with Crippen LogP contribution in [0.2, 0.25) is 0 Å². The van der Waals surface area contributed by atoms with Crippen LogP contribution in [0.1, 0.15) is 24.2 Å². The van der Waals surface area contributed by atoms with Crippen LogP contribution in [0.25, 0.3) is 0 Å². The summed E-state index contributed by atoms with van der Waals surface area (Å²) in [4.78, 5) is 27.7. The summed E-state index contributed by atoms with van der Waals surface area (Å²) in [5.74, 6) is 0.423. The van der Waals surface area contributed by atoms with E-state index in [4.69, 9.17) is 14.2 Å². The minimum atomic E-state index is -0.470. The van der Waals surface area contributed by atoms with Crippen LogP contribution in [-0.2, 0) is 9.53 Å². The van der Waals surface area contributed by atoms with Crippen LogP contribution in [-0.4, -0.2) is 36.7 Å². The minimum Gasteiger partial charge on any atom is -0.490 e. The van der Waals surface area contributed by atoms with Gasteiger partial charge in [0.25, 0.3) is 5.91 Å². The Morgan fingerprint density at radius 3 is 2.44 bits per heavy atom. The Kier molecular flexibility index (Phi) is 6.76. The van der Waals surface area contributed by atoms with E-state index >= 15 is 0 Å². The maximum atomic E-state index is 12.0. The summed E-state index contributed by atoms with van der Waals surface area (Å²) in [6.07, 6.45) is 1.42. The zero-order valence-electron chi connectivity index (χ0n) is 14.2. The quantitative estimate of drug-likeness (QED) is 0.741. The SMILES string of the molecule is CCOC(=O)c1ccnc(NC(=O)COc2ccccc2OCC)c1. The summed E-state index contributed by atoms with van der Waals surface area (Å²) in [6.45, 7) is 4.15. The predicted molar refractivity (Wildman–Crippen MR) is 91.9 cm³/mol. The molecule has 132 valence electrons. The van der Waals surface area contributed by atoms with Crippen molar-refractivity contribution in [1.29, 1.82) is 0 Å². The van der Waals surface area contributed by atoms with Crippen LogP contribution in [0.3, 0.4) is 0 Å². The number of carbonyl (C=O) groups is 2. The molecule has 0 unspecified atom stereocenters. The van der Waals surface area contributed by atoms with Gasteiger partial charge in [0, 0.05) is 6.20 Å². The summed E-state index contributed by atoms with van der Waals surface area (Å²) in [5.41, 5.74) is 0.315. The topological polar surface area (TPSA) is 86.8 Å². The van der Waals surface area contributed by atoms with Crippen LogP contribution < -0.4 is 14.8 Å². The molecule has 0 spiro atoms. The number of hydrogen-bond donors (Lipinski definition) is 1. The van der Waals surface area contributed by atoms with Crippen molar-refractivity contribution in [2.75, 3.05) is 25.1 Å². The first-order valence-electron chi connectivity index (χ1n) is 7.91. The van der Waals surface area contributed by atoms with E-state index in [9.17, 15) is 9.59 Å². The monoisotopic (exact) mass is 344 g/mol. The summed E-state index contributed by atoms with van der Waals surface area (Å²) < 4.78 is 15.8. The first kappa shape index (κ1) is 18.3. The van der Waals surface area contributed by atoms with E-state index in [-0.39, 0.29) is 19.0 Å². The minimum absolute atomic E-state index is 0.213. The number of amides is 1. The number of benzene rings is 1. The van der Waals surface area contributed by atoms with Crippen molar-refractivity contribution < 1.29 is 23.8 Å². The van der Waals surface area contributed by atoms with Gasteiger partial charge in [-0.2, -0.15) is 0 Å². The molecule has 1 heterocycles. The zero-order valence-corrected chi connectivity index (χ0v) is 14.2. The van der Waals surface area contributed by atoms with Crippen molar-refractivity contribution in [3.63, 3.8) is 0 Å². The van der Waals surface area contributed by atoms with Crippen molar-refractivity contribution in [2.45, 2.75) is 13.8 Å². The highest BCUT2D eigenvalue weighted by atomic mass is 16.5. The van der Waals surface area contributed by atoms with E-state index in [1.807, 2.05) is 13.0 Å². The molecular weight excluding hydrogens is 324 g/mol. The van der Waals surface area contributed by atoms with E-state index < -0.39 is 11.9 Å². The highest BCUT2D eigenvalue weighted by molar-refractivity contribution is 5.94. The number of para-hydroxylation sites is 2. The highest BCUT2D eigenvalue weighted by Crippen LogP contribution is 2.26. The molecule has 7 nitrogen and oxygen atoms in total. The number of carbonyl (C=O) groups excluding carboxylic acids is 2. The van der Waals surface area contributed by atoms with Gasteiger partial charge in [-0.3, -0.25) is 4.79 Å². The normalized spacial score (nSPS) is 10.0. The Balaban J connectivity index is 1.95. The van der Waals surface area contributed by atoms with Crippen molar-refractivity contribution >= 4 is 17.7 Å². The summed E-state index contributed by atoms with van der Waals surface area (Å²) in [5, 5.41) is 2.58. The number of rotatable bonds is 8. The molecule has 1 amide bonds. The van der Waals surface area contributed by atoms with Gasteiger partial charge in [-0.1, -0.05) is 12.1 Å². The fourth-order valence-corrected chi connectivity index (χ4v) is 2.01. The molecule has 25 heavy (non-hydrogen) atoms. The van der Waals surface area contributed by atoms with E-state index in [2.05, 4.69) is 10.3 Å². The van der Waals surface area contributed by atoms with E-state index in [1.165, 1.54) is 18.3 Å². The maximum Gasteiger partial charge on any atom is 0.338 e. The van der Waals surface area contributed by atoms with Gasteiger partial charge >= 0.3 is 5.97 Å². The second-order valence-electron chi connectivity index (χ2n) is 4.87. The van der Waals surface area contributed by atoms with Gasteiger partial charge < -0.3 is 19.5 Å². The molecule has 0 radical (unpaired) electrons. The Labute approximate surface area is 145 Å². The van der Waals surface area contributed by atoms with E-state index in [1.54, 1.807) is 25.1 Å². The molecule has 0 aliphatic carbocycles. The molecule has 1 aromatic carbocycles. The van der Waals surface area contributed by atoms with Crippen molar-refractivity contribution in [1.82, 2.24) is 4.98 Å². The van der Waals surface area contributed by atoms with Gasteiger partial charge in [-0.25, -0.2) is 9.78 Å². The lowest BCUT2D eigenvalue weighted by Crippen LogP contribution is -2.21. The smallest absolute Gasteiger partial charge is 0.338 e. The molecule has 1 N–H and O–H groups in total. The van der Waals surface area contributed by atoms with Crippen molar-refractivity contribution in [2.24, 2.45) is 0 Å². The van der Waals surface area contributed by atoms with Crippen LogP contribution in [0.15, 0.2) is 42.6 Å². The standard InChI is InChI=1S/C18H20N2O5/c1-3-23-14-7-5-6-8-15(14)25-12-17(21)20-16-11-13(9-10-19-16)18(22)24-4-2/h5-11H,3-4,12H2,1-2H3,(H,19,20,21). The highest BCUT2D eigenvalue weighted by Gasteiger charge is 2.11. The Bertz CT molecular complexity index is 733. The lowest BCUT2D eigenvalue weighted by atomic mass is 10.2. The van der Waals surface area contributed by atoms with Crippen molar-refractivity contribution in [3.05, 3.63) is 48.2 Å². The average molecular weight is 344 g/mol. The largest absolute Gasteiger partial charge is 0.490 e. The average Bonchev–Trinajstić information content (AvgIpc) is 2.62. The Hall–Kier alpha value is -3.09. The fourth-order valence-electron chi connectivity index (χ4n) is 2.01. The molecule has 0 atom stereocenters. The number of pyridine rings is 1. The van der Waals surface area contributed by atoms with Gasteiger partial charge in [0.2, 0.25) is 0 Å². The van der Waals surface area contributed by atoms with Crippen LogP contribution in [0.4, 0.5) is 5.82 Å². The molecule has 7 heteroatoms. The molecule has 2 rings (SSSR count). The number of ether oxygens (including phenoxy) is 3. The third kappa shape index (κ3) is 5.49. The Morgan fingerprint density at radius 2 is 1.76 bits per heavy atom. The van der Waals surface area contributed by atoms with Gasteiger partial charge in [0.15, 0.2) is 18.1 Å². The van der Waals surface area contributed by atoms with E-state index in [0.717, 1.165) is 0 Å². The second kappa shape index (κ2) is 9.27. The lowest BCUT2D eigenvalue weighted by Gasteiger charge is -2.11. The fraction of sp³-hybridized carbons (Fsp3) is 0.278. The third-order valence-corrected chi connectivity index (χ3v) is 3.05. The van der Waals surface area contributed by atoms with Crippen LogP contribution in [0.5, 0.6) is 11.5 Å². The van der Waals surface area contributed by atoms with Gasteiger partial charge in [-0.05, 0) is 38.1 Å². The summed E-state index contributed by atoms with van der Waals surface area (Å²) in [7, 11) is 0. The number of anilines is 1. The first-order valence-corrected chi connectivity index (χ1v) is 7.91. The molecule has 0 bridgehead atoms. The molecular formula is C18H20N2O5. The second-order valence-corrected chi connectivity index (χ2v) is 4.87. The molecule has 0 aliphatic rings. The molecule has 0 fully saturated rings. The van der Waals surface area contributed by atoms with Crippen LogP contribution >= 0.6 is 0 Å². The molecule has 0 saturated heterocycles. The number of esters is 1. The maximum absolute atomic E-state index is 12.0. The van der Waals surface area contributed by atoms with Gasteiger partial charge in [-0.15, -0.1) is 0 Å². The summed E-state index contributed by atoms with van der Waals surface area (Å²) in [6, 6.07) is 10.1.